The zero-order valence-electron chi connectivity index (χ0n) is 15.4. The van der Waals surface area contributed by atoms with E-state index in [4.69, 9.17) is 4.74 Å². The molecule has 142 valence electrons. The topological polar surface area (TPSA) is 65.9 Å². The van der Waals surface area contributed by atoms with E-state index in [1.165, 1.54) is 12.0 Å². The highest BCUT2D eigenvalue weighted by Gasteiger charge is 2.23. The molecule has 2 aromatic rings. The molecule has 0 bridgehead atoms. The molecule has 0 atom stereocenters. The number of para-hydroxylation sites is 2. The Morgan fingerprint density at radius 3 is 2.67 bits per heavy atom. The second kappa shape index (κ2) is 7.86. The summed E-state index contributed by atoms with van der Waals surface area (Å²) < 4.78 is 5.87. The molecule has 1 amide bonds. The number of carbonyl (C=O) groups is 1. The summed E-state index contributed by atoms with van der Waals surface area (Å²) in [7, 11) is 0. The molecule has 2 heterocycles. The smallest absolute Gasteiger partial charge is 0.260 e. The molecule has 0 radical (unpaired) electrons. The van der Waals surface area contributed by atoms with Crippen molar-refractivity contribution in [3.63, 3.8) is 0 Å². The van der Waals surface area contributed by atoms with E-state index >= 15 is 0 Å². The Balaban J connectivity index is 1.32. The van der Waals surface area contributed by atoms with Gasteiger partial charge >= 0.3 is 0 Å². The number of piperazine rings is 1. The van der Waals surface area contributed by atoms with Crippen molar-refractivity contribution in [3.8, 4) is 11.5 Å². The lowest BCUT2D eigenvalue weighted by Gasteiger charge is -2.36. The molecule has 6 nitrogen and oxygen atoms in total. The second-order valence-corrected chi connectivity index (χ2v) is 7.09. The largest absolute Gasteiger partial charge is 0.506 e. The summed E-state index contributed by atoms with van der Waals surface area (Å²) in [6, 6.07) is 9.19. The number of pyridine rings is 1. The lowest BCUT2D eigenvalue weighted by Crippen LogP contribution is -2.50. The first-order valence-electron chi connectivity index (χ1n) is 9.62. The Labute approximate surface area is 159 Å². The van der Waals surface area contributed by atoms with Gasteiger partial charge < -0.3 is 19.6 Å². The molecule has 0 spiro atoms. The van der Waals surface area contributed by atoms with Crippen LogP contribution in [-0.4, -0.2) is 53.7 Å². The van der Waals surface area contributed by atoms with Gasteiger partial charge in [-0.3, -0.25) is 9.78 Å². The number of anilines is 1. The summed E-state index contributed by atoms with van der Waals surface area (Å²) in [5.74, 6) is 1.09. The number of amides is 1. The van der Waals surface area contributed by atoms with E-state index in [9.17, 15) is 9.90 Å². The monoisotopic (exact) mass is 367 g/mol. The van der Waals surface area contributed by atoms with Crippen molar-refractivity contribution in [2.24, 2.45) is 0 Å². The van der Waals surface area contributed by atoms with Crippen LogP contribution in [-0.2, 0) is 17.6 Å². The van der Waals surface area contributed by atoms with Crippen molar-refractivity contribution in [2.45, 2.75) is 25.7 Å². The van der Waals surface area contributed by atoms with Gasteiger partial charge in [0.25, 0.3) is 5.91 Å². The highest BCUT2D eigenvalue weighted by molar-refractivity contribution is 5.78. The average molecular weight is 367 g/mol. The number of nitrogens with zero attached hydrogens (tertiary/aromatic N) is 3. The summed E-state index contributed by atoms with van der Waals surface area (Å²) in [4.78, 5) is 21.0. The predicted octanol–water partition coefficient (Wildman–Crippen LogP) is 2.39. The number of rotatable bonds is 4. The van der Waals surface area contributed by atoms with E-state index in [0.29, 0.717) is 26.2 Å². The van der Waals surface area contributed by atoms with E-state index in [-0.39, 0.29) is 18.3 Å². The second-order valence-electron chi connectivity index (χ2n) is 7.09. The molecule has 1 aliphatic carbocycles. The normalized spacial score (nSPS) is 16.7. The Hall–Kier alpha value is -2.76. The number of phenolic OH excluding ortho intramolecular Hbond substituents is 1. The van der Waals surface area contributed by atoms with E-state index in [0.717, 1.165) is 36.4 Å². The van der Waals surface area contributed by atoms with Crippen LogP contribution in [0.3, 0.4) is 0 Å². The van der Waals surface area contributed by atoms with Crippen molar-refractivity contribution in [1.29, 1.82) is 0 Å². The molecule has 6 heteroatoms. The first kappa shape index (κ1) is 17.6. The van der Waals surface area contributed by atoms with E-state index < -0.39 is 0 Å². The number of hydrogen-bond donors (Lipinski definition) is 1. The minimum absolute atomic E-state index is 0.00769. The van der Waals surface area contributed by atoms with Crippen LogP contribution in [0.5, 0.6) is 11.5 Å². The van der Waals surface area contributed by atoms with Crippen LogP contribution in [0.1, 0.15) is 24.1 Å². The summed E-state index contributed by atoms with van der Waals surface area (Å²) in [5.41, 5.74) is 3.10. The van der Waals surface area contributed by atoms with Crippen molar-refractivity contribution in [1.82, 2.24) is 9.88 Å². The maximum Gasteiger partial charge on any atom is 0.260 e. The number of aromatic hydroxyl groups is 1. The van der Waals surface area contributed by atoms with Gasteiger partial charge in [0.1, 0.15) is 11.5 Å². The standard InChI is InChI=1S/C21H25N3O3/c25-19-8-4-3-7-18(19)23-11-13-24(14-12-23)21(26)15-27-20-9-10-22-17-6-2-1-5-16(17)20/h3-4,7-10,25H,1-2,5-6,11-15H2. The lowest BCUT2D eigenvalue weighted by molar-refractivity contribution is -0.133. The van der Waals surface area contributed by atoms with Gasteiger partial charge in [-0.15, -0.1) is 0 Å². The molecule has 1 aromatic carbocycles. The van der Waals surface area contributed by atoms with Crippen LogP contribution in [0.15, 0.2) is 36.5 Å². The van der Waals surface area contributed by atoms with Gasteiger partial charge in [0.15, 0.2) is 6.61 Å². The highest BCUT2D eigenvalue weighted by Crippen LogP contribution is 2.29. The van der Waals surface area contributed by atoms with Crippen LogP contribution in [0, 0.1) is 0 Å². The molecule has 1 aliphatic heterocycles. The summed E-state index contributed by atoms with van der Waals surface area (Å²) in [6.45, 7) is 2.73. The Morgan fingerprint density at radius 2 is 1.85 bits per heavy atom. The highest BCUT2D eigenvalue weighted by atomic mass is 16.5. The van der Waals surface area contributed by atoms with Crippen LogP contribution < -0.4 is 9.64 Å². The first-order chi connectivity index (χ1) is 13.2. The molecule has 2 aliphatic rings. The summed E-state index contributed by atoms with van der Waals surface area (Å²) >= 11 is 0. The van der Waals surface area contributed by atoms with Gasteiger partial charge in [0.05, 0.1) is 5.69 Å². The minimum atomic E-state index is 0.00769. The molecule has 1 fully saturated rings. The Kier molecular flexibility index (Phi) is 5.14. The number of carbonyl (C=O) groups excluding carboxylic acids is 1. The number of fused-ring (bicyclic) bond motifs is 1. The van der Waals surface area contributed by atoms with Gasteiger partial charge in [0.2, 0.25) is 0 Å². The zero-order valence-corrected chi connectivity index (χ0v) is 15.4. The third-order valence-corrected chi connectivity index (χ3v) is 5.40. The van der Waals surface area contributed by atoms with Gasteiger partial charge in [-0.2, -0.15) is 0 Å². The number of aryl methyl sites for hydroxylation is 1. The lowest BCUT2D eigenvalue weighted by atomic mass is 9.95. The third kappa shape index (κ3) is 3.84. The van der Waals surface area contributed by atoms with Crippen LogP contribution >= 0.6 is 0 Å². The average Bonchev–Trinajstić information content (AvgIpc) is 2.72. The Morgan fingerprint density at radius 1 is 1.07 bits per heavy atom. The molecule has 0 unspecified atom stereocenters. The number of ether oxygens (including phenoxy) is 1. The van der Waals surface area contributed by atoms with Gasteiger partial charge in [-0.05, 0) is 43.9 Å². The SMILES string of the molecule is O=C(COc1ccnc2c1CCCC2)N1CCN(c2ccccc2O)CC1. The number of aromatic nitrogens is 1. The van der Waals surface area contributed by atoms with Crippen LogP contribution in [0.2, 0.25) is 0 Å². The maximum absolute atomic E-state index is 12.6. The maximum atomic E-state index is 12.6. The first-order valence-corrected chi connectivity index (χ1v) is 9.62. The molecule has 0 saturated carbocycles. The van der Waals surface area contributed by atoms with Gasteiger partial charge in [0, 0.05) is 43.6 Å². The fourth-order valence-corrected chi connectivity index (χ4v) is 3.89. The van der Waals surface area contributed by atoms with Gasteiger partial charge in [-0.25, -0.2) is 0 Å². The molecule has 1 aromatic heterocycles. The molecule has 27 heavy (non-hydrogen) atoms. The number of benzene rings is 1. The van der Waals surface area contributed by atoms with Crippen LogP contribution in [0.25, 0.3) is 0 Å². The third-order valence-electron chi connectivity index (χ3n) is 5.40. The summed E-state index contributed by atoms with van der Waals surface area (Å²) in [6.07, 6.45) is 6.07. The molecular formula is C21H25N3O3. The van der Waals surface area contributed by atoms with E-state index in [1.54, 1.807) is 12.3 Å². The molecule has 1 N–H and O–H groups in total. The molecule has 4 rings (SSSR count). The number of phenols is 1. The predicted molar refractivity (Wildman–Crippen MR) is 103 cm³/mol. The minimum Gasteiger partial charge on any atom is -0.506 e. The number of hydrogen-bond acceptors (Lipinski definition) is 5. The van der Waals surface area contributed by atoms with E-state index in [2.05, 4.69) is 9.88 Å². The van der Waals surface area contributed by atoms with Crippen molar-refractivity contribution in [2.75, 3.05) is 37.7 Å². The Bertz CT molecular complexity index is 816. The summed E-state index contributed by atoms with van der Waals surface area (Å²) in [5, 5.41) is 10.00. The van der Waals surface area contributed by atoms with Crippen LogP contribution in [0.4, 0.5) is 5.69 Å². The van der Waals surface area contributed by atoms with Crippen molar-refractivity contribution >= 4 is 11.6 Å². The molecule has 1 saturated heterocycles. The molecular weight excluding hydrogens is 342 g/mol. The van der Waals surface area contributed by atoms with Crippen molar-refractivity contribution in [3.05, 3.63) is 47.8 Å². The van der Waals surface area contributed by atoms with Crippen molar-refractivity contribution < 1.29 is 14.6 Å². The quantitative estimate of drug-likeness (QED) is 0.899. The fraction of sp³-hybridized carbons (Fsp3) is 0.429. The zero-order chi connectivity index (χ0) is 18.6. The van der Waals surface area contributed by atoms with E-state index in [1.807, 2.05) is 29.2 Å². The fourth-order valence-electron chi connectivity index (χ4n) is 3.89. The van der Waals surface area contributed by atoms with Gasteiger partial charge in [-0.1, -0.05) is 12.1 Å².